The van der Waals surface area contributed by atoms with Crippen molar-refractivity contribution in [3.8, 4) is 0 Å². The summed E-state index contributed by atoms with van der Waals surface area (Å²) in [5, 5.41) is 4.83. The first-order valence-corrected chi connectivity index (χ1v) is 8.43. The van der Waals surface area contributed by atoms with E-state index < -0.39 is 30.1 Å². The van der Waals surface area contributed by atoms with Crippen LogP contribution in [-0.2, 0) is 20.9 Å². The third-order valence-electron chi connectivity index (χ3n) is 4.09. The number of rotatable bonds is 7. The number of likely N-dealkylation sites (N-methyl/N-ethyl adjacent to an activating group) is 1. The van der Waals surface area contributed by atoms with Gasteiger partial charge in [-0.3, -0.25) is 19.8 Å². The van der Waals surface area contributed by atoms with E-state index in [4.69, 9.17) is 4.74 Å². The van der Waals surface area contributed by atoms with E-state index in [1.807, 2.05) is 42.3 Å². The molecule has 2 atom stereocenters. The van der Waals surface area contributed by atoms with Gasteiger partial charge in [0.2, 0.25) is 0 Å². The fourth-order valence-electron chi connectivity index (χ4n) is 2.18. The summed E-state index contributed by atoms with van der Waals surface area (Å²) in [5.74, 6) is -1.15. The number of esters is 1. The van der Waals surface area contributed by atoms with E-state index in [0.717, 1.165) is 18.4 Å². The lowest BCUT2D eigenvalue weighted by Gasteiger charge is -2.24. The van der Waals surface area contributed by atoms with E-state index in [2.05, 4.69) is 10.6 Å². The van der Waals surface area contributed by atoms with Gasteiger partial charge in [-0.15, -0.1) is 0 Å². The molecule has 7 nitrogen and oxygen atoms in total. The van der Waals surface area contributed by atoms with Gasteiger partial charge in [-0.1, -0.05) is 30.3 Å². The van der Waals surface area contributed by atoms with Crippen molar-refractivity contribution in [2.75, 3.05) is 7.05 Å². The summed E-state index contributed by atoms with van der Waals surface area (Å²) in [5.41, 5.74) is 1.08. The minimum Gasteiger partial charge on any atom is -0.451 e. The van der Waals surface area contributed by atoms with Gasteiger partial charge in [-0.2, -0.15) is 0 Å². The summed E-state index contributed by atoms with van der Waals surface area (Å²) >= 11 is 0. The molecule has 136 valence electrons. The van der Waals surface area contributed by atoms with Crippen LogP contribution in [0.15, 0.2) is 30.3 Å². The Hall–Kier alpha value is -2.41. The van der Waals surface area contributed by atoms with Crippen LogP contribution in [0.1, 0.15) is 32.3 Å². The fraction of sp³-hybridized carbons (Fsp3) is 0.500. The summed E-state index contributed by atoms with van der Waals surface area (Å²) < 4.78 is 5.18. The molecule has 0 aromatic heterocycles. The average Bonchev–Trinajstić information content (AvgIpc) is 3.38. The standard InChI is InChI=1S/C18H25N3O4/c1-12(21(3)11-14-7-5-4-6-8-14)17(23)25-13(2)16(22)20-18(24)19-15-9-10-15/h4-8,12-13,15H,9-11H2,1-3H3,(H2,19,20,22,24)/t12-,13-/m0/s1. The quantitative estimate of drug-likeness (QED) is 0.729. The number of imide groups is 1. The number of carbonyl (C=O) groups is 3. The van der Waals surface area contributed by atoms with Gasteiger partial charge >= 0.3 is 12.0 Å². The predicted octanol–water partition coefficient (Wildman–Crippen LogP) is 1.43. The highest BCUT2D eigenvalue weighted by Crippen LogP contribution is 2.18. The second kappa shape index (κ2) is 8.62. The molecular weight excluding hydrogens is 322 g/mol. The SMILES string of the molecule is C[C@H](OC(=O)[C@H](C)N(C)Cc1ccccc1)C(=O)NC(=O)NC1CC1. The topological polar surface area (TPSA) is 87.7 Å². The summed E-state index contributed by atoms with van der Waals surface area (Å²) in [7, 11) is 1.81. The molecule has 0 unspecified atom stereocenters. The molecule has 0 saturated heterocycles. The van der Waals surface area contributed by atoms with Crippen molar-refractivity contribution >= 4 is 17.9 Å². The second-order valence-corrected chi connectivity index (χ2v) is 6.39. The van der Waals surface area contributed by atoms with Crippen molar-refractivity contribution in [3.05, 3.63) is 35.9 Å². The maximum absolute atomic E-state index is 12.2. The number of amides is 3. The monoisotopic (exact) mass is 347 g/mol. The van der Waals surface area contributed by atoms with Gasteiger partial charge in [-0.25, -0.2) is 4.79 Å². The number of ether oxygens (including phenoxy) is 1. The van der Waals surface area contributed by atoms with E-state index in [0.29, 0.717) is 6.54 Å². The van der Waals surface area contributed by atoms with Crippen LogP contribution in [0, 0.1) is 0 Å². The molecule has 0 spiro atoms. The zero-order chi connectivity index (χ0) is 18.4. The van der Waals surface area contributed by atoms with Crippen LogP contribution in [0.5, 0.6) is 0 Å². The van der Waals surface area contributed by atoms with Crippen LogP contribution >= 0.6 is 0 Å². The van der Waals surface area contributed by atoms with Crippen molar-refractivity contribution in [2.24, 2.45) is 0 Å². The highest BCUT2D eigenvalue weighted by molar-refractivity contribution is 5.97. The van der Waals surface area contributed by atoms with E-state index in [1.165, 1.54) is 6.92 Å². The summed E-state index contributed by atoms with van der Waals surface area (Å²) in [6.45, 7) is 3.75. The Morgan fingerprint density at radius 2 is 1.84 bits per heavy atom. The molecule has 0 bridgehead atoms. The molecule has 1 saturated carbocycles. The van der Waals surface area contributed by atoms with Crippen LogP contribution in [0.3, 0.4) is 0 Å². The molecule has 1 aliphatic rings. The minimum atomic E-state index is -1.04. The number of nitrogens with zero attached hydrogens (tertiary/aromatic N) is 1. The predicted molar refractivity (Wildman–Crippen MR) is 92.6 cm³/mol. The lowest BCUT2D eigenvalue weighted by Crippen LogP contribution is -2.47. The molecule has 2 N–H and O–H groups in total. The molecule has 0 aliphatic heterocycles. The van der Waals surface area contributed by atoms with Crippen molar-refractivity contribution in [1.29, 1.82) is 0 Å². The molecule has 7 heteroatoms. The van der Waals surface area contributed by atoms with Crippen LogP contribution in [0.4, 0.5) is 4.79 Å². The molecule has 1 aromatic carbocycles. The number of hydrogen-bond acceptors (Lipinski definition) is 5. The first-order valence-electron chi connectivity index (χ1n) is 8.43. The van der Waals surface area contributed by atoms with Crippen LogP contribution in [0.2, 0.25) is 0 Å². The third-order valence-corrected chi connectivity index (χ3v) is 4.09. The highest BCUT2D eigenvalue weighted by Gasteiger charge is 2.27. The molecular formula is C18H25N3O4. The maximum atomic E-state index is 12.2. The van der Waals surface area contributed by atoms with E-state index >= 15 is 0 Å². The van der Waals surface area contributed by atoms with Gasteiger partial charge in [-0.05, 0) is 39.3 Å². The Labute approximate surface area is 147 Å². The van der Waals surface area contributed by atoms with Crippen molar-refractivity contribution in [3.63, 3.8) is 0 Å². The highest BCUT2D eigenvalue weighted by atomic mass is 16.5. The van der Waals surface area contributed by atoms with Gasteiger partial charge < -0.3 is 10.1 Å². The Morgan fingerprint density at radius 3 is 2.44 bits per heavy atom. The van der Waals surface area contributed by atoms with Gasteiger partial charge in [0.15, 0.2) is 6.10 Å². The van der Waals surface area contributed by atoms with E-state index in [1.54, 1.807) is 6.92 Å². The first kappa shape index (κ1) is 18.9. The zero-order valence-electron chi connectivity index (χ0n) is 14.8. The number of carbonyl (C=O) groups excluding carboxylic acids is 3. The zero-order valence-corrected chi connectivity index (χ0v) is 14.8. The molecule has 1 fully saturated rings. The molecule has 25 heavy (non-hydrogen) atoms. The largest absolute Gasteiger partial charge is 0.451 e. The second-order valence-electron chi connectivity index (χ2n) is 6.39. The smallest absolute Gasteiger partial charge is 0.323 e. The number of nitrogens with one attached hydrogen (secondary N) is 2. The normalized spacial score (nSPS) is 16.0. The van der Waals surface area contributed by atoms with Gasteiger partial charge in [0, 0.05) is 12.6 Å². The molecule has 3 amide bonds. The average molecular weight is 347 g/mol. The third kappa shape index (κ3) is 6.19. The van der Waals surface area contributed by atoms with E-state index in [9.17, 15) is 14.4 Å². The summed E-state index contributed by atoms with van der Waals surface area (Å²) in [4.78, 5) is 37.5. The Bertz CT molecular complexity index is 616. The Kier molecular flexibility index (Phi) is 6.52. The maximum Gasteiger partial charge on any atom is 0.323 e. The molecule has 0 heterocycles. The molecule has 0 radical (unpaired) electrons. The Morgan fingerprint density at radius 1 is 1.20 bits per heavy atom. The van der Waals surface area contributed by atoms with Crippen molar-refractivity contribution in [1.82, 2.24) is 15.5 Å². The summed E-state index contributed by atoms with van der Waals surface area (Å²) in [6.07, 6.45) is 0.819. The molecule has 1 aromatic rings. The Balaban J connectivity index is 1.78. The van der Waals surface area contributed by atoms with E-state index in [-0.39, 0.29) is 6.04 Å². The lowest BCUT2D eigenvalue weighted by atomic mass is 10.2. The van der Waals surface area contributed by atoms with Crippen molar-refractivity contribution < 1.29 is 19.1 Å². The van der Waals surface area contributed by atoms with Gasteiger partial charge in [0.25, 0.3) is 5.91 Å². The van der Waals surface area contributed by atoms with Crippen LogP contribution < -0.4 is 10.6 Å². The molecule has 2 rings (SSSR count). The van der Waals surface area contributed by atoms with Gasteiger partial charge in [0.05, 0.1) is 0 Å². The van der Waals surface area contributed by atoms with Crippen LogP contribution in [0.25, 0.3) is 0 Å². The first-order chi connectivity index (χ1) is 11.9. The van der Waals surface area contributed by atoms with Crippen molar-refractivity contribution in [2.45, 2.75) is 51.4 Å². The number of urea groups is 1. The van der Waals surface area contributed by atoms with Crippen LogP contribution in [-0.4, -0.2) is 48.0 Å². The number of hydrogen-bond donors (Lipinski definition) is 2. The molecule has 1 aliphatic carbocycles. The fourth-order valence-corrected chi connectivity index (χ4v) is 2.18. The summed E-state index contributed by atoms with van der Waals surface area (Å²) in [6, 6.07) is 8.83. The minimum absolute atomic E-state index is 0.150. The van der Waals surface area contributed by atoms with Gasteiger partial charge in [0.1, 0.15) is 6.04 Å². The number of benzene rings is 1. The lowest BCUT2D eigenvalue weighted by molar-refractivity contribution is -0.158.